The minimum absolute atomic E-state index is 0.572. The van der Waals surface area contributed by atoms with Gasteiger partial charge in [-0.15, -0.1) is 11.3 Å². The van der Waals surface area contributed by atoms with Crippen LogP contribution in [0.3, 0.4) is 0 Å². The molecule has 0 radical (unpaired) electrons. The molecule has 2 aromatic heterocycles. The summed E-state index contributed by atoms with van der Waals surface area (Å²) in [6.45, 7) is 5.23. The van der Waals surface area contributed by atoms with Crippen molar-refractivity contribution in [2.75, 3.05) is 5.73 Å². The monoisotopic (exact) mass is 299 g/mol. The van der Waals surface area contributed by atoms with Crippen molar-refractivity contribution in [2.45, 2.75) is 20.4 Å². The van der Waals surface area contributed by atoms with Gasteiger partial charge in [-0.25, -0.2) is 0 Å². The topological polar surface area (TPSA) is 43.8 Å². The van der Waals surface area contributed by atoms with Gasteiger partial charge in [-0.2, -0.15) is 5.10 Å². The smallest absolute Gasteiger partial charge is 0.125 e. The molecule has 0 aliphatic carbocycles. The maximum atomic E-state index is 5.97. The highest BCUT2D eigenvalue weighted by Crippen LogP contribution is 2.32. The zero-order valence-corrected chi connectivity index (χ0v) is 11.7. The van der Waals surface area contributed by atoms with Crippen molar-refractivity contribution < 1.29 is 0 Å². The maximum absolute atomic E-state index is 5.97. The summed E-state index contributed by atoms with van der Waals surface area (Å²) in [5.74, 6) is 0.572. The molecule has 0 atom stereocenters. The highest BCUT2D eigenvalue weighted by Gasteiger charge is 2.11. The van der Waals surface area contributed by atoms with E-state index in [4.69, 9.17) is 5.73 Å². The molecule has 0 spiro atoms. The first-order valence-corrected chi connectivity index (χ1v) is 6.81. The van der Waals surface area contributed by atoms with Crippen LogP contribution >= 0.6 is 27.3 Å². The van der Waals surface area contributed by atoms with Gasteiger partial charge in [0.25, 0.3) is 0 Å². The van der Waals surface area contributed by atoms with Crippen LogP contribution in [0, 0.1) is 5.92 Å². The number of halogens is 1. The van der Waals surface area contributed by atoms with Crippen molar-refractivity contribution in [3.63, 3.8) is 0 Å². The first-order chi connectivity index (χ1) is 7.56. The average molecular weight is 300 g/mol. The largest absolute Gasteiger partial charge is 0.396 e. The van der Waals surface area contributed by atoms with E-state index in [1.54, 1.807) is 11.3 Å². The SMILES string of the molecule is CC(C)Cn1cc(N)c(-c2cc(Br)cs2)n1. The third-order valence-corrected chi connectivity index (χ3v) is 3.84. The van der Waals surface area contributed by atoms with Crippen LogP contribution in [-0.4, -0.2) is 9.78 Å². The van der Waals surface area contributed by atoms with Crippen molar-refractivity contribution in [2.24, 2.45) is 5.92 Å². The Bertz CT molecular complexity index is 487. The number of rotatable bonds is 3. The molecule has 0 saturated heterocycles. The van der Waals surface area contributed by atoms with Crippen LogP contribution in [0.25, 0.3) is 10.6 Å². The summed E-state index contributed by atoms with van der Waals surface area (Å²) in [6, 6.07) is 2.04. The molecule has 0 fully saturated rings. The Morgan fingerprint density at radius 3 is 2.88 bits per heavy atom. The molecule has 0 amide bonds. The molecule has 0 bridgehead atoms. The van der Waals surface area contributed by atoms with Gasteiger partial charge in [-0.1, -0.05) is 13.8 Å². The number of nitrogens with zero attached hydrogens (tertiary/aromatic N) is 2. The third-order valence-electron chi connectivity index (χ3n) is 2.14. The fourth-order valence-electron chi connectivity index (χ4n) is 1.53. The van der Waals surface area contributed by atoms with Gasteiger partial charge in [0.1, 0.15) is 5.69 Å². The van der Waals surface area contributed by atoms with Gasteiger partial charge < -0.3 is 5.73 Å². The van der Waals surface area contributed by atoms with Crippen molar-refractivity contribution in [3.05, 3.63) is 22.1 Å². The van der Waals surface area contributed by atoms with Crippen LogP contribution in [0.1, 0.15) is 13.8 Å². The van der Waals surface area contributed by atoms with Gasteiger partial charge in [-0.3, -0.25) is 4.68 Å². The van der Waals surface area contributed by atoms with Gasteiger partial charge in [0.2, 0.25) is 0 Å². The molecule has 0 aliphatic heterocycles. The summed E-state index contributed by atoms with van der Waals surface area (Å²) in [5, 5.41) is 6.55. The predicted octanol–water partition coefficient (Wildman–Crippen LogP) is 3.61. The molecule has 86 valence electrons. The lowest BCUT2D eigenvalue weighted by atomic mass is 10.2. The zero-order chi connectivity index (χ0) is 11.7. The lowest BCUT2D eigenvalue weighted by molar-refractivity contribution is 0.484. The van der Waals surface area contributed by atoms with E-state index in [2.05, 4.69) is 34.9 Å². The average Bonchev–Trinajstić information content (AvgIpc) is 2.72. The predicted molar refractivity (Wildman–Crippen MR) is 72.5 cm³/mol. The van der Waals surface area contributed by atoms with Crippen LogP contribution in [0.4, 0.5) is 5.69 Å². The summed E-state index contributed by atoms with van der Waals surface area (Å²) in [4.78, 5) is 1.10. The lowest BCUT2D eigenvalue weighted by Gasteiger charge is -2.03. The van der Waals surface area contributed by atoms with Crippen molar-refractivity contribution in [1.29, 1.82) is 0 Å². The van der Waals surface area contributed by atoms with Gasteiger partial charge >= 0.3 is 0 Å². The Hall–Kier alpha value is -0.810. The van der Waals surface area contributed by atoms with E-state index in [0.29, 0.717) is 5.92 Å². The van der Waals surface area contributed by atoms with Crippen LogP contribution in [0.5, 0.6) is 0 Å². The Morgan fingerprint density at radius 1 is 1.56 bits per heavy atom. The van der Waals surface area contributed by atoms with Gasteiger partial charge in [0.05, 0.1) is 10.6 Å². The maximum Gasteiger partial charge on any atom is 0.125 e. The quantitative estimate of drug-likeness (QED) is 0.941. The molecule has 2 N–H and O–H groups in total. The standard InChI is InChI=1S/C11H14BrN3S/c1-7(2)4-15-5-9(13)11(14-15)10-3-8(12)6-16-10/h3,5-7H,4,13H2,1-2H3. The molecule has 2 heterocycles. The normalized spacial score (nSPS) is 11.2. The number of thiophene rings is 1. The van der Waals surface area contributed by atoms with Gasteiger partial charge in [0, 0.05) is 22.6 Å². The highest BCUT2D eigenvalue weighted by molar-refractivity contribution is 9.10. The lowest BCUT2D eigenvalue weighted by Crippen LogP contribution is -2.04. The van der Waals surface area contributed by atoms with Crippen LogP contribution in [0.15, 0.2) is 22.1 Å². The van der Waals surface area contributed by atoms with Gasteiger partial charge in [-0.05, 0) is 27.9 Å². The Morgan fingerprint density at radius 2 is 2.31 bits per heavy atom. The van der Waals surface area contributed by atoms with Crippen molar-refractivity contribution >= 4 is 33.0 Å². The summed E-state index contributed by atoms with van der Waals surface area (Å²) >= 11 is 5.08. The molecular formula is C11H14BrN3S. The first kappa shape index (κ1) is 11.7. The minimum atomic E-state index is 0.572. The molecule has 16 heavy (non-hydrogen) atoms. The molecule has 2 aromatic rings. The Labute approximate surface area is 107 Å². The summed E-state index contributed by atoms with van der Waals surface area (Å²) in [6.07, 6.45) is 1.91. The molecule has 0 unspecified atom stereocenters. The highest BCUT2D eigenvalue weighted by atomic mass is 79.9. The number of hydrogen-bond acceptors (Lipinski definition) is 3. The van der Waals surface area contributed by atoms with Gasteiger partial charge in [0.15, 0.2) is 0 Å². The molecular weight excluding hydrogens is 286 g/mol. The van der Waals surface area contributed by atoms with E-state index in [1.165, 1.54) is 0 Å². The van der Waals surface area contributed by atoms with E-state index in [9.17, 15) is 0 Å². The summed E-state index contributed by atoms with van der Waals surface area (Å²) in [5.41, 5.74) is 7.60. The number of hydrogen-bond donors (Lipinski definition) is 1. The zero-order valence-electron chi connectivity index (χ0n) is 9.27. The van der Waals surface area contributed by atoms with Crippen molar-refractivity contribution in [3.8, 4) is 10.6 Å². The van der Waals surface area contributed by atoms with E-state index < -0.39 is 0 Å². The number of anilines is 1. The van der Waals surface area contributed by atoms with E-state index in [1.807, 2.05) is 22.3 Å². The molecule has 5 heteroatoms. The fourth-order valence-corrected chi connectivity index (χ4v) is 2.97. The Kier molecular flexibility index (Phi) is 3.35. The number of nitrogen functional groups attached to an aromatic ring is 1. The number of nitrogens with two attached hydrogens (primary N) is 1. The third kappa shape index (κ3) is 2.47. The van der Waals surface area contributed by atoms with E-state index in [-0.39, 0.29) is 0 Å². The fraction of sp³-hybridized carbons (Fsp3) is 0.364. The summed E-state index contributed by atoms with van der Waals surface area (Å²) < 4.78 is 2.99. The Balaban J connectivity index is 2.31. The second kappa shape index (κ2) is 4.59. The summed E-state index contributed by atoms with van der Waals surface area (Å²) in [7, 11) is 0. The second-order valence-electron chi connectivity index (χ2n) is 4.18. The van der Waals surface area contributed by atoms with E-state index >= 15 is 0 Å². The molecule has 0 aromatic carbocycles. The van der Waals surface area contributed by atoms with E-state index in [0.717, 1.165) is 27.3 Å². The molecule has 0 aliphatic rings. The van der Waals surface area contributed by atoms with Crippen molar-refractivity contribution in [1.82, 2.24) is 9.78 Å². The van der Waals surface area contributed by atoms with Crippen LogP contribution in [0.2, 0.25) is 0 Å². The molecule has 2 rings (SSSR count). The number of aromatic nitrogens is 2. The molecule has 3 nitrogen and oxygen atoms in total. The van der Waals surface area contributed by atoms with Crippen LogP contribution in [-0.2, 0) is 6.54 Å². The first-order valence-electron chi connectivity index (χ1n) is 5.13. The minimum Gasteiger partial charge on any atom is -0.396 e. The van der Waals surface area contributed by atoms with Crippen LogP contribution < -0.4 is 5.73 Å². The molecule has 0 saturated carbocycles. The second-order valence-corrected chi connectivity index (χ2v) is 6.01.